The zero-order valence-electron chi connectivity index (χ0n) is 15.0. The van der Waals surface area contributed by atoms with E-state index in [4.69, 9.17) is 4.42 Å². The number of piperidine rings is 1. The van der Waals surface area contributed by atoms with Crippen LogP contribution in [-0.2, 0) is 16.1 Å². The SMILES string of the molecule is Cc1ccc(NC(=O)CN2CCC(C(=O)NCc3ccco3)CC2)cc1. The molecule has 0 bridgehead atoms. The average molecular weight is 355 g/mol. The maximum atomic E-state index is 12.2. The third kappa shape index (κ3) is 5.20. The molecular weight excluding hydrogens is 330 g/mol. The summed E-state index contributed by atoms with van der Waals surface area (Å²) in [6.45, 7) is 4.29. The molecule has 1 aliphatic rings. The highest BCUT2D eigenvalue weighted by Crippen LogP contribution is 2.18. The fourth-order valence-electron chi connectivity index (χ4n) is 3.13. The maximum Gasteiger partial charge on any atom is 0.238 e. The summed E-state index contributed by atoms with van der Waals surface area (Å²) in [6.07, 6.45) is 3.13. The van der Waals surface area contributed by atoms with E-state index in [-0.39, 0.29) is 17.7 Å². The predicted octanol–water partition coefficient (Wildman–Crippen LogP) is 2.55. The van der Waals surface area contributed by atoms with Gasteiger partial charge >= 0.3 is 0 Å². The lowest BCUT2D eigenvalue weighted by molar-refractivity contribution is -0.126. The molecular formula is C20H25N3O3. The van der Waals surface area contributed by atoms with Crippen LogP contribution >= 0.6 is 0 Å². The summed E-state index contributed by atoms with van der Waals surface area (Å²) in [6, 6.07) is 11.4. The highest BCUT2D eigenvalue weighted by Gasteiger charge is 2.25. The van der Waals surface area contributed by atoms with Gasteiger partial charge in [0.2, 0.25) is 11.8 Å². The number of hydrogen-bond donors (Lipinski definition) is 2. The molecule has 1 aromatic carbocycles. The van der Waals surface area contributed by atoms with Crippen LogP contribution in [0, 0.1) is 12.8 Å². The van der Waals surface area contributed by atoms with Gasteiger partial charge in [0, 0.05) is 11.6 Å². The first-order chi connectivity index (χ1) is 12.6. The van der Waals surface area contributed by atoms with E-state index in [1.807, 2.05) is 43.3 Å². The lowest BCUT2D eigenvalue weighted by atomic mass is 9.96. The molecule has 0 radical (unpaired) electrons. The van der Waals surface area contributed by atoms with Crippen LogP contribution in [0.3, 0.4) is 0 Å². The molecule has 26 heavy (non-hydrogen) atoms. The van der Waals surface area contributed by atoms with Gasteiger partial charge in [-0.1, -0.05) is 17.7 Å². The van der Waals surface area contributed by atoms with Crippen molar-refractivity contribution >= 4 is 17.5 Å². The summed E-state index contributed by atoms with van der Waals surface area (Å²) in [5.41, 5.74) is 1.98. The minimum atomic E-state index is -0.0189. The quantitative estimate of drug-likeness (QED) is 0.835. The summed E-state index contributed by atoms with van der Waals surface area (Å²) in [7, 11) is 0. The zero-order chi connectivity index (χ0) is 18.4. The molecule has 0 spiro atoms. The minimum Gasteiger partial charge on any atom is -0.467 e. The van der Waals surface area contributed by atoms with Crippen LogP contribution in [0.15, 0.2) is 47.1 Å². The number of aryl methyl sites for hydroxylation is 1. The van der Waals surface area contributed by atoms with Crippen molar-refractivity contribution in [3.8, 4) is 0 Å². The topological polar surface area (TPSA) is 74.6 Å². The fraction of sp³-hybridized carbons (Fsp3) is 0.400. The van der Waals surface area contributed by atoms with Gasteiger partial charge in [-0.2, -0.15) is 0 Å². The van der Waals surface area contributed by atoms with E-state index in [2.05, 4.69) is 15.5 Å². The van der Waals surface area contributed by atoms with Crippen LogP contribution in [0.25, 0.3) is 0 Å². The molecule has 2 heterocycles. The summed E-state index contributed by atoms with van der Waals surface area (Å²) in [5, 5.41) is 5.83. The third-order valence-electron chi connectivity index (χ3n) is 4.68. The van der Waals surface area contributed by atoms with Crippen molar-refractivity contribution in [2.24, 2.45) is 5.92 Å². The van der Waals surface area contributed by atoms with E-state index >= 15 is 0 Å². The Labute approximate surface area is 153 Å². The molecule has 2 aromatic rings. The van der Waals surface area contributed by atoms with Crippen LogP contribution in [0.4, 0.5) is 5.69 Å². The van der Waals surface area contributed by atoms with Gasteiger partial charge in [0.05, 0.1) is 19.4 Å². The summed E-state index contributed by atoms with van der Waals surface area (Å²) >= 11 is 0. The molecule has 1 saturated heterocycles. The van der Waals surface area contributed by atoms with Crippen molar-refractivity contribution in [2.45, 2.75) is 26.3 Å². The molecule has 2 N–H and O–H groups in total. The number of anilines is 1. The molecule has 0 atom stereocenters. The Kier molecular flexibility index (Phi) is 6.07. The van der Waals surface area contributed by atoms with E-state index < -0.39 is 0 Å². The van der Waals surface area contributed by atoms with E-state index in [9.17, 15) is 9.59 Å². The summed E-state index contributed by atoms with van der Waals surface area (Å²) in [4.78, 5) is 26.5. The van der Waals surface area contributed by atoms with E-state index in [1.54, 1.807) is 6.26 Å². The summed E-state index contributed by atoms with van der Waals surface area (Å²) < 4.78 is 5.22. The molecule has 138 valence electrons. The number of furan rings is 1. The fourth-order valence-corrected chi connectivity index (χ4v) is 3.13. The van der Waals surface area contributed by atoms with Crippen LogP contribution < -0.4 is 10.6 Å². The molecule has 2 amide bonds. The smallest absolute Gasteiger partial charge is 0.238 e. The number of likely N-dealkylation sites (tertiary alicyclic amines) is 1. The van der Waals surface area contributed by atoms with Gasteiger partial charge in [0.15, 0.2) is 0 Å². The van der Waals surface area contributed by atoms with Gasteiger partial charge in [-0.15, -0.1) is 0 Å². The number of carbonyl (C=O) groups is 2. The first-order valence-electron chi connectivity index (χ1n) is 8.99. The van der Waals surface area contributed by atoms with Gasteiger partial charge in [0.25, 0.3) is 0 Å². The number of carbonyl (C=O) groups excluding carboxylic acids is 2. The Morgan fingerprint density at radius 2 is 1.88 bits per heavy atom. The lowest BCUT2D eigenvalue weighted by Crippen LogP contribution is -2.43. The highest BCUT2D eigenvalue weighted by molar-refractivity contribution is 5.92. The Morgan fingerprint density at radius 3 is 2.54 bits per heavy atom. The van der Waals surface area contributed by atoms with Crippen LogP contribution in [0.1, 0.15) is 24.2 Å². The molecule has 3 rings (SSSR count). The van der Waals surface area contributed by atoms with Gasteiger partial charge < -0.3 is 15.1 Å². The number of benzene rings is 1. The first kappa shape index (κ1) is 18.2. The van der Waals surface area contributed by atoms with E-state index in [0.29, 0.717) is 13.1 Å². The Morgan fingerprint density at radius 1 is 1.15 bits per heavy atom. The number of hydrogen-bond acceptors (Lipinski definition) is 4. The minimum absolute atomic E-state index is 0.00127. The monoisotopic (exact) mass is 355 g/mol. The Hall–Kier alpha value is -2.60. The number of nitrogens with one attached hydrogen (secondary N) is 2. The average Bonchev–Trinajstić information content (AvgIpc) is 3.16. The van der Waals surface area contributed by atoms with Crippen molar-refractivity contribution in [3.05, 3.63) is 54.0 Å². The van der Waals surface area contributed by atoms with E-state index in [0.717, 1.165) is 42.9 Å². The van der Waals surface area contributed by atoms with Crippen molar-refractivity contribution in [1.82, 2.24) is 10.2 Å². The second kappa shape index (κ2) is 8.67. The Bertz CT molecular complexity index is 717. The van der Waals surface area contributed by atoms with Crippen molar-refractivity contribution < 1.29 is 14.0 Å². The number of amides is 2. The highest BCUT2D eigenvalue weighted by atomic mass is 16.3. The van der Waals surface area contributed by atoms with Crippen molar-refractivity contribution in [1.29, 1.82) is 0 Å². The first-order valence-corrected chi connectivity index (χ1v) is 8.99. The third-order valence-corrected chi connectivity index (χ3v) is 4.68. The van der Waals surface area contributed by atoms with Crippen LogP contribution in [0.2, 0.25) is 0 Å². The van der Waals surface area contributed by atoms with E-state index in [1.165, 1.54) is 0 Å². The van der Waals surface area contributed by atoms with Gasteiger partial charge in [-0.05, 0) is 57.1 Å². The molecule has 0 unspecified atom stereocenters. The Balaban J connectivity index is 1.38. The van der Waals surface area contributed by atoms with Crippen LogP contribution in [0.5, 0.6) is 0 Å². The molecule has 0 saturated carbocycles. The molecule has 0 aliphatic carbocycles. The van der Waals surface area contributed by atoms with Gasteiger partial charge in [0.1, 0.15) is 5.76 Å². The molecule has 1 fully saturated rings. The summed E-state index contributed by atoms with van der Waals surface area (Å²) in [5.74, 6) is 0.796. The normalized spacial score (nSPS) is 15.6. The standard InChI is InChI=1S/C20H25N3O3/c1-15-4-6-17(7-5-15)22-19(24)14-23-10-8-16(9-11-23)20(25)21-13-18-3-2-12-26-18/h2-7,12,16H,8-11,13-14H2,1H3,(H,21,25)(H,22,24). The maximum absolute atomic E-state index is 12.2. The van der Waals surface area contributed by atoms with Gasteiger partial charge in [-0.25, -0.2) is 0 Å². The number of nitrogens with zero attached hydrogens (tertiary/aromatic N) is 1. The lowest BCUT2D eigenvalue weighted by Gasteiger charge is -2.30. The molecule has 6 heteroatoms. The molecule has 1 aromatic heterocycles. The molecule has 6 nitrogen and oxygen atoms in total. The van der Waals surface area contributed by atoms with Crippen molar-refractivity contribution in [3.63, 3.8) is 0 Å². The van der Waals surface area contributed by atoms with Gasteiger partial charge in [-0.3, -0.25) is 14.5 Å². The predicted molar refractivity (Wildman–Crippen MR) is 99.5 cm³/mol. The second-order valence-electron chi connectivity index (χ2n) is 6.76. The van der Waals surface area contributed by atoms with Crippen LogP contribution in [-0.4, -0.2) is 36.3 Å². The zero-order valence-corrected chi connectivity index (χ0v) is 15.0. The number of rotatable bonds is 6. The largest absolute Gasteiger partial charge is 0.467 e. The second-order valence-corrected chi connectivity index (χ2v) is 6.76. The van der Waals surface area contributed by atoms with Crippen molar-refractivity contribution in [2.75, 3.05) is 25.0 Å². The molecule has 1 aliphatic heterocycles.